The van der Waals surface area contributed by atoms with Gasteiger partial charge in [-0.05, 0) is 19.4 Å². The topological polar surface area (TPSA) is 133 Å². The minimum atomic E-state index is -1.26. The van der Waals surface area contributed by atoms with Crippen molar-refractivity contribution in [3.8, 4) is 0 Å². The fourth-order valence-corrected chi connectivity index (χ4v) is 2.24. The predicted molar refractivity (Wildman–Crippen MR) is 88.9 cm³/mol. The molecule has 0 aliphatic carbocycles. The number of carbonyl (C=O) groups excluding carboxylic acids is 3. The number of primary amides is 1. The summed E-state index contributed by atoms with van der Waals surface area (Å²) in [6.45, 7) is 3.50. The Hall–Kier alpha value is -3.23. The third kappa shape index (κ3) is 4.00. The van der Waals surface area contributed by atoms with Crippen molar-refractivity contribution < 1.29 is 19.1 Å². The lowest BCUT2D eigenvalue weighted by atomic mass is 10.1. The predicted octanol–water partition coefficient (Wildman–Crippen LogP) is 0.547. The van der Waals surface area contributed by atoms with Crippen LogP contribution in [0.2, 0.25) is 0 Å². The summed E-state index contributed by atoms with van der Waals surface area (Å²) in [4.78, 5) is 47.1. The van der Waals surface area contributed by atoms with Gasteiger partial charge in [0, 0.05) is 11.9 Å². The summed E-state index contributed by atoms with van der Waals surface area (Å²) in [6, 6.07) is 5.45. The summed E-state index contributed by atoms with van der Waals surface area (Å²) in [7, 11) is 0. The molecule has 0 unspecified atom stereocenters. The van der Waals surface area contributed by atoms with Crippen LogP contribution in [-0.2, 0) is 16.1 Å². The number of carbonyl (C=O) groups is 3. The molecule has 0 spiro atoms. The van der Waals surface area contributed by atoms with Gasteiger partial charge in [0.25, 0.3) is 11.5 Å². The van der Waals surface area contributed by atoms with Crippen LogP contribution in [0, 0.1) is 0 Å². The van der Waals surface area contributed by atoms with Crippen LogP contribution < -0.4 is 16.6 Å². The van der Waals surface area contributed by atoms with Gasteiger partial charge in [-0.15, -0.1) is 0 Å². The molecule has 1 aromatic carbocycles. The molecule has 1 aromatic heterocycles. The third-order valence-corrected chi connectivity index (χ3v) is 3.40. The SMILES string of the molecule is CCCn1nc(C(=O)O[C@H](C)C(=O)NC(N)=O)c2ccccc2c1=O. The van der Waals surface area contributed by atoms with E-state index < -0.39 is 24.0 Å². The average molecular weight is 346 g/mol. The van der Waals surface area contributed by atoms with Gasteiger partial charge >= 0.3 is 12.0 Å². The number of ether oxygens (including phenoxy) is 1. The Morgan fingerprint density at radius 2 is 1.92 bits per heavy atom. The van der Waals surface area contributed by atoms with Crippen molar-refractivity contribution >= 4 is 28.7 Å². The fourth-order valence-electron chi connectivity index (χ4n) is 2.24. The summed E-state index contributed by atoms with van der Waals surface area (Å²) in [5.41, 5.74) is 4.46. The zero-order valence-electron chi connectivity index (χ0n) is 13.8. The molecule has 0 saturated heterocycles. The molecule has 2 rings (SSSR count). The number of esters is 1. The second-order valence-electron chi connectivity index (χ2n) is 5.32. The molecule has 0 saturated carbocycles. The first-order valence-corrected chi connectivity index (χ1v) is 7.66. The second kappa shape index (κ2) is 7.56. The van der Waals surface area contributed by atoms with Crippen molar-refractivity contribution in [1.82, 2.24) is 15.1 Å². The number of aromatic nitrogens is 2. The van der Waals surface area contributed by atoms with Crippen molar-refractivity contribution in [2.75, 3.05) is 0 Å². The summed E-state index contributed by atoms with van der Waals surface area (Å²) in [6.07, 6.45) is -0.607. The molecule has 0 fully saturated rings. The van der Waals surface area contributed by atoms with Crippen LogP contribution in [0.5, 0.6) is 0 Å². The standard InChI is InChI=1S/C16H18N4O5/c1-3-8-20-14(22)11-7-5-4-6-10(11)12(19-20)15(23)25-9(2)13(21)18-16(17)24/h4-7,9H,3,8H2,1-2H3,(H3,17,18,21,24)/t9-/m1/s1. The number of fused-ring (bicyclic) bond motifs is 1. The number of amides is 3. The van der Waals surface area contributed by atoms with Crippen molar-refractivity contribution in [3.63, 3.8) is 0 Å². The Kier molecular flexibility index (Phi) is 5.48. The van der Waals surface area contributed by atoms with Crippen LogP contribution in [0.4, 0.5) is 4.79 Å². The van der Waals surface area contributed by atoms with Gasteiger partial charge in [0.05, 0.1) is 5.39 Å². The second-order valence-corrected chi connectivity index (χ2v) is 5.32. The van der Waals surface area contributed by atoms with Crippen LogP contribution in [0.3, 0.4) is 0 Å². The number of hydrogen-bond donors (Lipinski definition) is 2. The average Bonchev–Trinajstić information content (AvgIpc) is 2.56. The lowest BCUT2D eigenvalue weighted by Gasteiger charge is -2.13. The van der Waals surface area contributed by atoms with E-state index in [9.17, 15) is 19.2 Å². The van der Waals surface area contributed by atoms with E-state index in [1.807, 2.05) is 12.2 Å². The number of nitrogens with one attached hydrogen (secondary N) is 1. The number of benzene rings is 1. The lowest BCUT2D eigenvalue weighted by molar-refractivity contribution is -0.127. The normalized spacial score (nSPS) is 11.8. The van der Waals surface area contributed by atoms with E-state index in [2.05, 4.69) is 5.10 Å². The molecule has 9 nitrogen and oxygen atoms in total. The Bertz CT molecular complexity index is 890. The highest BCUT2D eigenvalue weighted by molar-refractivity contribution is 6.03. The number of rotatable bonds is 5. The van der Waals surface area contributed by atoms with Crippen LogP contribution in [0.1, 0.15) is 30.8 Å². The van der Waals surface area contributed by atoms with Gasteiger partial charge < -0.3 is 10.5 Å². The molecule has 0 radical (unpaired) electrons. The molecule has 25 heavy (non-hydrogen) atoms. The monoisotopic (exact) mass is 346 g/mol. The van der Waals surface area contributed by atoms with Gasteiger partial charge in [0.15, 0.2) is 11.8 Å². The molecule has 0 aliphatic rings. The van der Waals surface area contributed by atoms with E-state index in [0.717, 1.165) is 0 Å². The van der Waals surface area contributed by atoms with Gasteiger partial charge in [0.1, 0.15) is 0 Å². The Labute approximate surface area is 142 Å². The smallest absolute Gasteiger partial charge is 0.360 e. The summed E-state index contributed by atoms with van der Waals surface area (Å²) in [5.74, 6) is -1.74. The molecule has 3 N–H and O–H groups in total. The van der Waals surface area contributed by atoms with Crippen molar-refractivity contribution in [2.45, 2.75) is 32.9 Å². The molecule has 1 heterocycles. The molecular weight excluding hydrogens is 328 g/mol. The summed E-state index contributed by atoms with van der Waals surface area (Å²) < 4.78 is 6.23. The van der Waals surface area contributed by atoms with Crippen molar-refractivity contribution in [3.05, 3.63) is 40.3 Å². The number of urea groups is 1. The number of hydrogen-bond acceptors (Lipinski definition) is 6. The van der Waals surface area contributed by atoms with Crippen molar-refractivity contribution in [1.29, 1.82) is 0 Å². The zero-order chi connectivity index (χ0) is 18.6. The third-order valence-electron chi connectivity index (χ3n) is 3.40. The van der Waals surface area contributed by atoms with E-state index in [0.29, 0.717) is 23.7 Å². The van der Waals surface area contributed by atoms with E-state index in [1.165, 1.54) is 11.6 Å². The maximum Gasteiger partial charge on any atom is 0.360 e. The largest absolute Gasteiger partial charge is 0.448 e. The van der Waals surface area contributed by atoms with E-state index in [4.69, 9.17) is 10.5 Å². The number of aryl methyl sites for hydroxylation is 1. The minimum Gasteiger partial charge on any atom is -0.448 e. The summed E-state index contributed by atoms with van der Waals surface area (Å²) >= 11 is 0. The van der Waals surface area contributed by atoms with Gasteiger partial charge in [0.2, 0.25) is 0 Å². The maximum atomic E-state index is 12.4. The van der Waals surface area contributed by atoms with Crippen LogP contribution in [-0.4, -0.2) is 33.8 Å². The minimum absolute atomic E-state index is 0.0811. The number of imide groups is 1. The highest BCUT2D eigenvalue weighted by atomic mass is 16.5. The van der Waals surface area contributed by atoms with E-state index in [1.54, 1.807) is 24.3 Å². The van der Waals surface area contributed by atoms with Crippen LogP contribution in [0.25, 0.3) is 10.8 Å². The van der Waals surface area contributed by atoms with Gasteiger partial charge in [-0.1, -0.05) is 25.1 Å². The molecule has 0 aliphatic heterocycles. The summed E-state index contributed by atoms with van der Waals surface area (Å²) in [5, 5.41) is 6.55. The molecule has 2 aromatic rings. The van der Waals surface area contributed by atoms with Crippen LogP contribution >= 0.6 is 0 Å². The van der Waals surface area contributed by atoms with Gasteiger partial charge in [-0.2, -0.15) is 5.10 Å². The molecule has 9 heteroatoms. The first-order valence-electron chi connectivity index (χ1n) is 7.66. The Morgan fingerprint density at radius 1 is 1.28 bits per heavy atom. The fraction of sp³-hybridized carbons (Fsp3) is 0.312. The lowest BCUT2D eigenvalue weighted by Crippen LogP contribution is -2.42. The van der Waals surface area contributed by atoms with Crippen molar-refractivity contribution in [2.24, 2.45) is 5.73 Å². The maximum absolute atomic E-state index is 12.4. The highest BCUT2D eigenvalue weighted by Crippen LogP contribution is 2.15. The number of nitrogens with two attached hydrogens (primary N) is 1. The first-order chi connectivity index (χ1) is 11.8. The van der Waals surface area contributed by atoms with E-state index >= 15 is 0 Å². The van der Waals surface area contributed by atoms with E-state index in [-0.39, 0.29) is 11.3 Å². The molecule has 3 amide bonds. The first kappa shape index (κ1) is 18.1. The zero-order valence-corrected chi connectivity index (χ0v) is 13.8. The Morgan fingerprint density at radius 3 is 2.52 bits per heavy atom. The molecule has 0 bridgehead atoms. The van der Waals surface area contributed by atoms with Gasteiger partial charge in [-0.25, -0.2) is 14.3 Å². The van der Waals surface area contributed by atoms with Crippen LogP contribution in [0.15, 0.2) is 29.1 Å². The molecule has 132 valence electrons. The van der Waals surface area contributed by atoms with Gasteiger partial charge in [-0.3, -0.25) is 14.9 Å². The molecule has 1 atom stereocenters. The quantitative estimate of drug-likeness (QED) is 0.759. The molecular formula is C16H18N4O5. The Balaban J connectivity index is 2.40. The number of nitrogens with zero attached hydrogens (tertiary/aromatic N) is 2. The highest BCUT2D eigenvalue weighted by Gasteiger charge is 2.23.